The fourth-order valence-electron chi connectivity index (χ4n) is 2.44. The van der Waals surface area contributed by atoms with E-state index < -0.39 is 0 Å². The van der Waals surface area contributed by atoms with Gasteiger partial charge in [-0.2, -0.15) is 0 Å². The second kappa shape index (κ2) is 5.19. The van der Waals surface area contributed by atoms with Crippen LogP contribution in [0.15, 0.2) is 22.7 Å². The van der Waals surface area contributed by atoms with Gasteiger partial charge in [-0.1, -0.05) is 15.9 Å². The maximum Gasteiger partial charge on any atom is 0.0434 e. The number of halogens is 1. The number of rotatable bonds is 3. The zero-order valence-electron chi connectivity index (χ0n) is 9.62. The summed E-state index contributed by atoms with van der Waals surface area (Å²) in [5.74, 6) is 0.660. The van der Waals surface area contributed by atoms with Gasteiger partial charge in [-0.05, 0) is 49.4 Å². The second-order valence-electron chi connectivity index (χ2n) is 4.54. The molecule has 1 heterocycles. The Balaban J connectivity index is 2.08. The Morgan fingerprint density at radius 3 is 3.00 bits per heavy atom. The SMILES string of the molecule is Cc1cc(Br)ccc1N1CCC(CCO)C1. The van der Waals surface area contributed by atoms with Crippen LogP contribution in [-0.2, 0) is 0 Å². The van der Waals surface area contributed by atoms with Gasteiger partial charge in [-0.25, -0.2) is 0 Å². The van der Waals surface area contributed by atoms with Crippen LogP contribution in [0.25, 0.3) is 0 Å². The lowest BCUT2D eigenvalue weighted by Gasteiger charge is -2.21. The Bertz CT molecular complexity index is 367. The molecular formula is C13H18BrNO. The van der Waals surface area contributed by atoms with Crippen molar-refractivity contribution < 1.29 is 5.11 Å². The minimum atomic E-state index is 0.317. The Kier molecular flexibility index (Phi) is 3.87. The summed E-state index contributed by atoms with van der Waals surface area (Å²) < 4.78 is 1.14. The molecule has 1 unspecified atom stereocenters. The highest BCUT2D eigenvalue weighted by Crippen LogP contribution is 2.29. The Morgan fingerprint density at radius 1 is 1.50 bits per heavy atom. The molecule has 1 aromatic carbocycles. The normalized spacial score (nSPS) is 20.4. The van der Waals surface area contributed by atoms with Crippen molar-refractivity contribution in [2.45, 2.75) is 19.8 Å². The summed E-state index contributed by atoms with van der Waals surface area (Å²) in [6, 6.07) is 6.44. The molecule has 0 bridgehead atoms. The Hall–Kier alpha value is -0.540. The molecule has 0 saturated carbocycles. The van der Waals surface area contributed by atoms with Crippen molar-refractivity contribution in [1.29, 1.82) is 0 Å². The molecular weight excluding hydrogens is 266 g/mol. The number of aliphatic hydroxyl groups excluding tert-OH is 1. The minimum absolute atomic E-state index is 0.317. The van der Waals surface area contributed by atoms with Crippen molar-refractivity contribution in [2.75, 3.05) is 24.6 Å². The third-order valence-electron chi connectivity index (χ3n) is 3.32. The third-order valence-corrected chi connectivity index (χ3v) is 3.82. The fraction of sp³-hybridized carbons (Fsp3) is 0.538. The van der Waals surface area contributed by atoms with Crippen molar-refractivity contribution >= 4 is 21.6 Å². The monoisotopic (exact) mass is 283 g/mol. The van der Waals surface area contributed by atoms with Crippen LogP contribution in [0.4, 0.5) is 5.69 Å². The molecule has 1 atom stereocenters. The number of aryl methyl sites for hydroxylation is 1. The van der Waals surface area contributed by atoms with Crippen LogP contribution in [0.2, 0.25) is 0 Å². The van der Waals surface area contributed by atoms with Gasteiger partial charge in [-0.3, -0.25) is 0 Å². The van der Waals surface area contributed by atoms with E-state index >= 15 is 0 Å². The van der Waals surface area contributed by atoms with Gasteiger partial charge in [0.15, 0.2) is 0 Å². The first kappa shape index (κ1) is 11.9. The molecule has 0 aromatic heterocycles. The van der Waals surface area contributed by atoms with E-state index in [1.165, 1.54) is 17.7 Å². The van der Waals surface area contributed by atoms with Crippen molar-refractivity contribution in [2.24, 2.45) is 5.92 Å². The molecule has 0 aliphatic carbocycles. The summed E-state index contributed by atoms with van der Waals surface area (Å²) in [5, 5.41) is 8.95. The maximum absolute atomic E-state index is 8.95. The molecule has 0 radical (unpaired) electrons. The second-order valence-corrected chi connectivity index (χ2v) is 5.46. The molecule has 16 heavy (non-hydrogen) atoms. The van der Waals surface area contributed by atoms with Gasteiger partial charge in [0.05, 0.1) is 0 Å². The van der Waals surface area contributed by atoms with E-state index in [4.69, 9.17) is 5.11 Å². The van der Waals surface area contributed by atoms with E-state index in [0.717, 1.165) is 24.0 Å². The highest BCUT2D eigenvalue weighted by atomic mass is 79.9. The fourth-order valence-corrected chi connectivity index (χ4v) is 2.92. The lowest BCUT2D eigenvalue weighted by atomic mass is 10.1. The maximum atomic E-state index is 8.95. The first-order valence-corrected chi connectivity index (χ1v) is 6.62. The lowest BCUT2D eigenvalue weighted by Crippen LogP contribution is -2.20. The molecule has 1 aliphatic heterocycles. The van der Waals surface area contributed by atoms with Gasteiger partial charge >= 0.3 is 0 Å². The number of hydrogen-bond acceptors (Lipinski definition) is 2. The van der Waals surface area contributed by atoms with E-state index in [0.29, 0.717) is 12.5 Å². The molecule has 0 spiro atoms. The van der Waals surface area contributed by atoms with Gasteiger partial charge in [-0.15, -0.1) is 0 Å². The van der Waals surface area contributed by atoms with Crippen molar-refractivity contribution in [1.82, 2.24) is 0 Å². The van der Waals surface area contributed by atoms with Gasteiger partial charge in [0.2, 0.25) is 0 Å². The molecule has 1 fully saturated rings. The van der Waals surface area contributed by atoms with Crippen LogP contribution in [0, 0.1) is 12.8 Å². The first-order chi connectivity index (χ1) is 7.70. The zero-order chi connectivity index (χ0) is 11.5. The topological polar surface area (TPSA) is 23.5 Å². The largest absolute Gasteiger partial charge is 0.396 e. The smallest absolute Gasteiger partial charge is 0.0434 e. The van der Waals surface area contributed by atoms with Crippen molar-refractivity contribution in [3.8, 4) is 0 Å². The number of anilines is 1. The summed E-state index contributed by atoms with van der Waals surface area (Å²) in [6.45, 7) is 4.67. The van der Waals surface area contributed by atoms with Crippen LogP contribution in [0.3, 0.4) is 0 Å². The van der Waals surface area contributed by atoms with E-state index in [2.05, 4.69) is 46.0 Å². The molecule has 1 N–H and O–H groups in total. The molecule has 88 valence electrons. The highest BCUT2D eigenvalue weighted by molar-refractivity contribution is 9.10. The van der Waals surface area contributed by atoms with Gasteiger partial charge in [0.1, 0.15) is 0 Å². The highest BCUT2D eigenvalue weighted by Gasteiger charge is 2.22. The van der Waals surface area contributed by atoms with E-state index in [-0.39, 0.29) is 0 Å². The summed E-state index contributed by atoms with van der Waals surface area (Å²) in [7, 11) is 0. The number of hydrogen-bond donors (Lipinski definition) is 1. The van der Waals surface area contributed by atoms with Crippen LogP contribution < -0.4 is 4.90 Å². The quantitative estimate of drug-likeness (QED) is 0.922. The van der Waals surface area contributed by atoms with E-state index in [9.17, 15) is 0 Å². The zero-order valence-corrected chi connectivity index (χ0v) is 11.2. The minimum Gasteiger partial charge on any atom is -0.396 e. The van der Waals surface area contributed by atoms with Crippen LogP contribution in [0.1, 0.15) is 18.4 Å². The lowest BCUT2D eigenvalue weighted by molar-refractivity contribution is 0.263. The predicted octanol–water partition coefficient (Wildman–Crippen LogP) is 2.97. The molecule has 1 saturated heterocycles. The van der Waals surface area contributed by atoms with Crippen LogP contribution in [0.5, 0.6) is 0 Å². The van der Waals surface area contributed by atoms with Gasteiger partial charge < -0.3 is 10.0 Å². The third kappa shape index (κ3) is 2.58. The van der Waals surface area contributed by atoms with Gasteiger partial charge in [0, 0.05) is 29.9 Å². The van der Waals surface area contributed by atoms with Gasteiger partial charge in [0.25, 0.3) is 0 Å². The Labute approximate surface area is 105 Å². The van der Waals surface area contributed by atoms with E-state index in [1.807, 2.05) is 0 Å². The molecule has 1 aliphatic rings. The van der Waals surface area contributed by atoms with Crippen LogP contribution >= 0.6 is 15.9 Å². The first-order valence-electron chi connectivity index (χ1n) is 5.82. The number of benzene rings is 1. The summed E-state index contributed by atoms with van der Waals surface area (Å²) in [5.41, 5.74) is 2.66. The predicted molar refractivity (Wildman–Crippen MR) is 70.9 cm³/mol. The van der Waals surface area contributed by atoms with E-state index in [1.54, 1.807) is 0 Å². The molecule has 1 aromatic rings. The molecule has 2 rings (SSSR count). The number of nitrogens with zero attached hydrogens (tertiary/aromatic N) is 1. The number of aliphatic hydroxyl groups is 1. The summed E-state index contributed by atoms with van der Waals surface area (Å²) in [6.07, 6.45) is 2.14. The summed E-state index contributed by atoms with van der Waals surface area (Å²) in [4.78, 5) is 2.43. The Morgan fingerprint density at radius 2 is 2.31 bits per heavy atom. The van der Waals surface area contributed by atoms with Crippen LogP contribution in [-0.4, -0.2) is 24.8 Å². The average molecular weight is 284 g/mol. The van der Waals surface area contributed by atoms with Crippen molar-refractivity contribution in [3.63, 3.8) is 0 Å². The standard InChI is InChI=1S/C13H18BrNO/c1-10-8-12(14)2-3-13(10)15-6-4-11(9-15)5-7-16/h2-3,8,11,16H,4-7,9H2,1H3. The molecule has 2 nitrogen and oxygen atoms in total. The average Bonchev–Trinajstić information content (AvgIpc) is 2.67. The van der Waals surface area contributed by atoms with Crippen molar-refractivity contribution in [3.05, 3.63) is 28.2 Å². The molecule has 3 heteroatoms. The summed E-state index contributed by atoms with van der Waals surface area (Å²) >= 11 is 3.49. The molecule has 0 amide bonds.